The average Bonchev–Trinajstić information content (AvgIpc) is 2.10. The molecule has 0 saturated heterocycles. The van der Waals surface area contributed by atoms with Crippen LogP contribution in [-0.2, 0) is 0 Å². The number of hydrogen-bond donors (Lipinski definition) is 0. The first-order valence-corrected chi connectivity index (χ1v) is 3.46. The number of nitrogens with zero attached hydrogens (tertiary/aromatic N) is 1. The van der Waals surface area contributed by atoms with Gasteiger partial charge in [0, 0.05) is 5.56 Å². The third-order valence-corrected chi connectivity index (χ3v) is 1.56. The second kappa shape index (κ2) is 3.82. The van der Waals surface area contributed by atoms with Crippen LogP contribution in [0, 0.1) is 12.4 Å². The van der Waals surface area contributed by atoms with Crippen molar-refractivity contribution >= 4 is 0 Å². The van der Waals surface area contributed by atoms with Crippen molar-refractivity contribution < 1.29 is 8.78 Å². The number of hydrogen-bond acceptors (Lipinski definition) is 0. The molecule has 1 rings (SSSR count). The molecule has 12 heavy (non-hydrogen) atoms. The van der Waals surface area contributed by atoms with Gasteiger partial charge in [0.15, 0.2) is 6.67 Å². The highest BCUT2D eigenvalue weighted by molar-refractivity contribution is 5.22. The molecule has 1 atom stereocenters. The minimum Gasteiger partial charge on any atom is -0.306 e. The van der Waals surface area contributed by atoms with E-state index in [9.17, 15) is 8.78 Å². The number of benzene rings is 1. The molecule has 0 aromatic heterocycles. The zero-order valence-corrected chi connectivity index (χ0v) is 6.30. The van der Waals surface area contributed by atoms with Gasteiger partial charge in [0.05, 0.1) is 0 Å². The van der Waals surface area contributed by atoms with Crippen molar-refractivity contribution in [3.8, 4) is 0 Å². The van der Waals surface area contributed by atoms with Crippen LogP contribution in [0.2, 0.25) is 0 Å². The maximum atomic E-state index is 12.4. The lowest BCUT2D eigenvalue weighted by atomic mass is 10.1. The summed E-state index contributed by atoms with van der Waals surface area (Å²) in [4.78, 5) is 3.06. The van der Waals surface area contributed by atoms with E-state index in [1.54, 1.807) is 0 Å². The predicted octanol–water partition coefficient (Wildman–Crippen LogP) is 2.76. The molecule has 0 saturated carbocycles. The second-order valence-corrected chi connectivity index (χ2v) is 2.35. The third kappa shape index (κ3) is 1.79. The maximum Gasteiger partial charge on any atom is 0.276 e. The third-order valence-electron chi connectivity index (χ3n) is 1.56. The quantitative estimate of drug-likeness (QED) is 0.596. The molecule has 0 aliphatic carbocycles. The molecule has 0 bridgehead atoms. The van der Waals surface area contributed by atoms with E-state index in [2.05, 4.69) is 4.85 Å². The van der Waals surface area contributed by atoms with E-state index >= 15 is 0 Å². The summed E-state index contributed by atoms with van der Waals surface area (Å²) in [7, 11) is 0. The van der Waals surface area contributed by atoms with Crippen molar-refractivity contribution in [3.63, 3.8) is 0 Å². The van der Waals surface area contributed by atoms with Gasteiger partial charge >= 0.3 is 0 Å². The van der Waals surface area contributed by atoms with Crippen LogP contribution in [0.1, 0.15) is 11.6 Å². The molecule has 1 aromatic rings. The first kappa shape index (κ1) is 8.66. The van der Waals surface area contributed by atoms with Crippen LogP contribution >= 0.6 is 0 Å². The molecule has 1 nitrogen and oxygen atoms in total. The van der Waals surface area contributed by atoms with E-state index in [1.807, 2.05) is 0 Å². The Morgan fingerprint density at radius 1 is 1.33 bits per heavy atom. The highest BCUT2D eigenvalue weighted by Gasteiger charge is 2.14. The monoisotopic (exact) mass is 167 g/mol. The van der Waals surface area contributed by atoms with Crippen molar-refractivity contribution in [1.82, 2.24) is 0 Å². The second-order valence-electron chi connectivity index (χ2n) is 2.35. The van der Waals surface area contributed by atoms with Gasteiger partial charge in [-0.2, -0.15) is 0 Å². The Bertz CT molecular complexity index is 286. The molecule has 1 unspecified atom stereocenters. The zero-order chi connectivity index (χ0) is 8.97. The molecule has 0 spiro atoms. The summed E-state index contributed by atoms with van der Waals surface area (Å²) in [6.07, 6.45) is 0. The van der Waals surface area contributed by atoms with Crippen LogP contribution in [0.15, 0.2) is 24.3 Å². The summed E-state index contributed by atoms with van der Waals surface area (Å²) >= 11 is 0. The van der Waals surface area contributed by atoms with Crippen LogP contribution in [0.3, 0.4) is 0 Å². The molecule has 62 valence electrons. The molecule has 0 heterocycles. The molecular weight excluding hydrogens is 160 g/mol. The summed E-state index contributed by atoms with van der Waals surface area (Å²) in [6, 6.07) is 4.52. The fraction of sp³-hybridized carbons (Fsp3) is 0.222. The van der Waals surface area contributed by atoms with Gasteiger partial charge in [-0.1, -0.05) is 0 Å². The van der Waals surface area contributed by atoms with Crippen LogP contribution in [0.25, 0.3) is 4.85 Å². The van der Waals surface area contributed by atoms with E-state index < -0.39 is 12.7 Å². The number of halogens is 2. The fourth-order valence-electron chi connectivity index (χ4n) is 0.883. The van der Waals surface area contributed by atoms with Crippen LogP contribution in [0.4, 0.5) is 8.78 Å². The minimum absolute atomic E-state index is 0.374. The number of rotatable bonds is 2. The summed E-state index contributed by atoms with van der Waals surface area (Å²) in [6.45, 7) is 5.92. The molecule has 0 N–H and O–H groups in total. The van der Waals surface area contributed by atoms with Gasteiger partial charge in [-0.15, -0.1) is 0 Å². The van der Waals surface area contributed by atoms with Gasteiger partial charge < -0.3 is 4.85 Å². The Morgan fingerprint density at radius 3 is 2.33 bits per heavy atom. The zero-order valence-electron chi connectivity index (χ0n) is 6.30. The molecule has 0 amide bonds. The van der Waals surface area contributed by atoms with Gasteiger partial charge in [-0.3, -0.25) is 0 Å². The van der Waals surface area contributed by atoms with Gasteiger partial charge in [-0.05, 0) is 24.3 Å². The summed E-state index contributed by atoms with van der Waals surface area (Å²) in [5, 5.41) is 0. The molecule has 0 radical (unpaired) electrons. The van der Waals surface area contributed by atoms with Gasteiger partial charge in [0.1, 0.15) is 5.82 Å². The van der Waals surface area contributed by atoms with E-state index in [0.29, 0.717) is 5.56 Å². The summed E-state index contributed by atoms with van der Waals surface area (Å²) < 4.78 is 24.5. The van der Waals surface area contributed by atoms with E-state index in [-0.39, 0.29) is 5.82 Å². The minimum atomic E-state index is -0.786. The summed E-state index contributed by atoms with van der Waals surface area (Å²) in [5.74, 6) is -0.374. The topological polar surface area (TPSA) is 4.36 Å². The molecule has 1 aromatic carbocycles. The lowest BCUT2D eigenvalue weighted by Crippen LogP contribution is -1.94. The molecule has 0 fully saturated rings. The highest BCUT2D eigenvalue weighted by atomic mass is 19.1. The lowest BCUT2D eigenvalue weighted by molar-refractivity contribution is 0.465. The largest absolute Gasteiger partial charge is 0.306 e. The van der Waals surface area contributed by atoms with Gasteiger partial charge in [0.2, 0.25) is 0 Å². The van der Waals surface area contributed by atoms with E-state index in [0.717, 1.165) is 0 Å². The molecule has 0 aliphatic rings. The molecule has 3 heteroatoms. The Kier molecular flexibility index (Phi) is 2.76. The van der Waals surface area contributed by atoms with Crippen LogP contribution < -0.4 is 0 Å². The van der Waals surface area contributed by atoms with Crippen molar-refractivity contribution in [3.05, 3.63) is 47.1 Å². The van der Waals surface area contributed by atoms with Crippen molar-refractivity contribution in [2.45, 2.75) is 6.04 Å². The highest BCUT2D eigenvalue weighted by Crippen LogP contribution is 2.17. The van der Waals surface area contributed by atoms with Crippen molar-refractivity contribution in [1.29, 1.82) is 0 Å². The maximum absolute atomic E-state index is 12.4. The van der Waals surface area contributed by atoms with Crippen LogP contribution in [-0.4, -0.2) is 6.67 Å². The first-order valence-electron chi connectivity index (χ1n) is 3.46. The average molecular weight is 167 g/mol. The van der Waals surface area contributed by atoms with Crippen molar-refractivity contribution in [2.75, 3.05) is 6.67 Å². The van der Waals surface area contributed by atoms with Gasteiger partial charge in [0.25, 0.3) is 6.04 Å². The fourth-order valence-corrected chi connectivity index (χ4v) is 0.883. The standard InChI is InChI=1S/C9H7F2N/c1-12-9(6-10)7-2-4-8(11)5-3-7/h2-5,9H,6H2. The van der Waals surface area contributed by atoms with E-state index in [4.69, 9.17) is 6.57 Å². The lowest BCUT2D eigenvalue weighted by Gasteiger charge is -1.99. The normalized spacial score (nSPS) is 12.1. The SMILES string of the molecule is [C-]#[N+]C(CF)c1ccc(F)cc1. The Labute approximate surface area is 69.5 Å². The Hall–Kier alpha value is -1.43. The Morgan fingerprint density at radius 2 is 1.92 bits per heavy atom. The Balaban J connectivity index is 2.89. The molecular formula is C9H7F2N. The van der Waals surface area contributed by atoms with E-state index in [1.165, 1.54) is 24.3 Å². The molecule has 0 aliphatic heterocycles. The predicted molar refractivity (Wildman–Crippen MR) is 41.7 cm³/mol. The van der Waals surface area contributed by atoms with Gasteiger partial charge in [-0.25, -0.2) is 15.4 Å². The van der Waals surface area contributed by atoms with Crippen LogP contribution in [0.5, 0.6) is 0 Å². The van der Waals surface area contributed by atoms with Crippen molar-refractivity contribution in [2.24, 2.45) is 0 Å². The first-order chi connectivity index (χ1) is 5.77. The summed E-state index contributed by atoms with van der Waals surface area (Å²) in [5.41, 5.74) is 0.522. The number of alkyl halides is 1. The smallest absolute Gasteiger partial charge is 0.276 e.